The number of ether oxygens (including phenoxy) is 2. The highest BCUT2D eigenvalue weighted by Gasteiger charge is 2.32. The van der Waals surface area contributed by atoms with Crippen molar-refractivity contribution in [2.24, 2.45) is 0 Å². The number of rotatable bonds is 6. The molecular formula is C27H20FN5O3. The second kappa shape index (κ2) is 9.10. The number of nitrogens with one attached hydrogen (secondary N) is 1. The maximum absolute atomic E-state index is 13.3. The average Bonchev–Trinajstić information content (AvgIpc) is 3.33. The van der Waals surface area contributed by atoms with Gasteiger partial charge in [0.1, 0.15) is 23.9 Å². The molecule has 9 heteroatoms. The van der Waals surface area contributed by atoms with Gasteiger partial charge in [0.2, 0.25) is 11.8 Å². The van der Waals surface area contributed by atoms with Crippen LogP contribution in [0.4, 0.5) is 4.39 Å². The Morgan fingerprint density at radius 2 is 1.61 bits per heavy atom. The highest BCUT2D eigenvalue weighted by molar-refractivity contribution is 5.89. The fourth-order valence-electron chi connectivity index (χ4n) is 4.25. The largest absolute Gasteiger partial charge is 0.475 e. The first kappa shape index (κ1) is 21.7. The number of hydrogen-bond donors (Lipinski definition) is 1. The summed E-state index contributed by atoms with van der Waals surface area (Å²) in [5.41, 5.74) is 2.86. The van der Waals surface area contributed by atoms with Crippen LogP contribution in [0.1, 0.15) is 17.0 Å². The summed E-state index contributed by atoms with van der Waals surface area (Å²) in [7, 11) is 0. The van der Waals surface area contributed by atoms with Crippen molar-refractivity contribution in [3.8, 4) is 28.8 Å². The molecule has 3 heterocycles. The molecule has 1 aliphatic rings. The summed E-state index contributed by atoms with van der Waals surface area (Å²) >= 11 is 0. The number of para-hydroxylation sites is 2. The van der Waals surface area contributed by atoms with Crippen LogP contribution in [-0.4, -0.2) is 38.9 Å². The topological polar surface area (TPSA) is 90.6 Å². The summed E-state index contributed by atoms with van der Waals surface area (Å²) in [6.07, 6.45) is 0. The predicted molar refractivity (Wildman–Crippen MR) is 129 cm³/mol. The van der Waals surface area contributed by atoms with Crippen LogP contribution < -0.4 is 14.8 Å². The van der Waals surface area contributed by atoms with Gasteiger partial charge in [-0.25, -0.2) is 4.39 Å². The molecule has 2 aromatic heterocycles. The number of hydrogen-bond acceptors (Lipinski definition) is 6. The molecular weight excluding hydrogens is 461 g/mol. The molecule has 1 aliphatic heterocycles. The Morgan fingerprint density at radius 1 is 0.917 bits per heavy atom. The van der Waals surface area contributed by atoms with Crippen LogP contribution in [0.2, 0.25) is 0 Å². The Bertz CT molecular complexity index is 1520. The van der Waals surface area contributed by atoms with Crippen LogP contribution in [-0.2, 0) is 4.79 Å². The zero-order chi connectivity index (χ0) is 24.5. The van der Waals surface area contributed by atoms with E-state index in [2.05, 4.69) is 20.6 Å². The van der Waals surface area contributed by atoms with Gasteiger partial charge in [0.15, 0.2) is 11.5 Å². The third-order valence-corrected chi connectivity index (χ3v) is 5.93. The van der Waals surface area contributed by atoms with Crippen molar-refractivity contribution in [3.63, 3.8) is 0 Å². The summed E-state index contributed by atoms with van der Waals surface area (Å²) in [4.78, 5) is 13.2. The lowest BCUT2D eigenvalue weighted by molar-refractivity contribution is -0.121. The van der Waals surface area contributed by atoms with Crippen molar-refractivity contribution < 1.29 is 18.7 Å². The van der Waals surface area contributed by atoms with E-state index in [1.165, 1.54) is 16.6 Å². The number of fused-ring (bicyclic) bond motifs is 3. The van der Waals surface area contributed by atoms with Gasteiger partial charge in [0.25, 0.3) is 0 Å². The summed E-state index contributed by atoms with van der Waals surface area (Å²) < 4.78 is 26.6. The van der Waals surface area contributed by atoms with E-state index in [0.717, 1.165) is 11.1 Å². The summed E-state index contributed by atoms with van der Waals surface area (Å²) in [5.74, 6) is 1.23. The van der Waals surface area contributed by atoms with Crippen molar-refractivity contribution in [3.05, 3.63) is 102 Å². The van der Waals surface area contributed by atoms with E-state index in [9.17, 15) is 9.18 Å². The van der Waals surface area contributed by atoms with Crippen molar-refractivity contribution in [1.29, 1.82) is 0 Å². The van der Waals surface area contributed by atoms with Crippen LogP contribution in [0, 0.1) is 5.82 Å². The zero-order valence-corrected chi connectivity index (χ0v) is 19.0. The van der Waals surface area contributed by atoms with E-state index in [4.69, 9.17) is 9.47 Å². The Hall–Kier alpha value is -4.79. The van der Waals surface area contributed by atoms with Crippen molar-refractivity contribution in [1.82, 2.24) is 25.1 Å². The molecule has 1 amide bonds. The number of amides is 1. The quantitative estimate of drug-likeness (QED) is 0.363. The van der Waals surface area contributed by atoms with Gasteiger partial charge in [0.05, 0.1) is 12.5 Å². The molecule has 36 heavy (non-hydrogen) atoms. The van der Waals surface area contributed by atoms with Crippen LogP contribution in [0.5, 0.6) is 17.4 Å². The number of halogens is 1. The average molecular weight is 481 g/mol. The van der Waals surface area contributed by atoms with Crippen LogP contribution >= 0.6 is 0 Å². The predicted octanol–water partition coefficient (Wildman–Crippen LogP) is 4.36. The molecule has 0 spiro atoms. The van der Waals surface area contributed by atoms with E-state index in [1.54, 1.807) is 24.3 Å². The normalized spacial score (nSPS) is 12.5. The Morgan fingerprint density at radius 3 is 2.33 bits per heavy atom. The molecule has 3 aromatic carbocycles. The third kappa shape index (κ3) is 4.00. The van der Waals surface area contributed by atoms with Crippen LogP contribution in [0.15, 0.2) is 84.9 Å². The second-order valence-electron chi connectivity index (χ2n) is 8.22. The minimum absolute atomic E-state index is 0.136. The summed E-state index contributed by atoms with van der Waals surface area (Å²) in [5, 5.41) is 15.7. The molecule has 1 N–H and O–H groups in total. The SMILES string of the molecule is O=C(NCCOc1ccc2nnc(-c3ccc(F)cc3)n2n1)C1c2ccccc2Oc2ccccc21. The van der Waals surface area contributed by atoms with Gasteiger partial charge in [-0.3, -0.25) is 4.79 Å². The lowest BCUT2D eigenvalue weighted by Gasteiger charge is -2.27. The molecule has 0 unspecified atom stereocenters. The number of carbonyl (C=O) groups is 1. The van der Waals surface area contributed by atoms with Crippen molar-refractivity contribution in [2.45, 2.75) is 5.92 Å². The van der Waals surface area contributed by atoms with E-state index >= 15 is 0 Å². The van der Waals surface area contributed by atoms with Crippen molar-refractivity contribution in [2.75, 3.05) is 13.2 Å². The maximum atomic E-state index is 13.3. The first-order chi connectivity index (χ1) is 17.7. The van der Waals surface area contributed by atoms with Gasteiger partial charge in [-0.1, -0.05) is 36.4 Å². The van der Waals surface area contributed by atoms with E-state index in [1.807, 2.05) is 48.5 Å². The standard InChI is InChI=1S/C27H20FN5O3/c28-18-11-9-17(10-12-18)26-31-30-23-13-14-24(32-33(23)26)35-16-15-29-27(34)25-19-5-1-3-7-21(19)36-22-8-4-2-6-20(22)25/h1-14,25H,15-16H2,(H,29,34). The molecule has 6 rings (SSSR count). The second-order valence-corrected chi connectivity index (χ2v) is 8.22. The van der Waals surface area contributed by atoms with Gasteiger partial charge < -0.3 is 14.8 Å². The Balaban J connectivity index is 1.14. The maximum Gasteiger partial charge on any atom is 0.232 e. The van der Waals surface area contributed by atoms with Crippen LogP contribution in [0.25, 0.3) is 17.0 Å². The number of nitrogens with zero attached hydrogens (tertiary/aromatic N) is 4. The van der Waals surface area contributed by atoms with Crippen molar-refractivity contribution >= 4 is 11.6 Å². The first-order valence-corrected chi connectivity index (χ1v) is 11.4. The first-order valence-electron chi connectivity index (χ1n) is 11.4. The number of benzene rings is 3. The Labute approximate surface area is 205 Å². The van der Waals surface area contributed by atoms with E-state index < -0.39 is 5.92 Å². The molecule has 0 fully saturated rings. The molecule has 0 atom stereocenters. The zero-order valence-electron chi connectivity index (χ0n) is 19.0. The molecule has 8 nitrogen and oxygen atoms in total. The molecule has 5 aromatic rings. The smallest absolute Gasteiger partial charge is 0.232 e. The van der Waals surface area contributed by atoms with Crippen LogP contribution in [0.3, 0.4) is 0 Å². The fraction of sp³-hybridized carbons (Fsp3) is 0.111. The van der Waals surface area contributed by atoms with Gasteiger partial charge in [-0.15, -0.1) is 15.3 Å². The molecule has 0 saturated carbocycles. The number of carbonyl (C=O) groups excluding carboxylic acids is 1. The molecule has 178 valence electrons. The highest BCUT2D eigenvalue weighted by atomic mass is 19.1. The Kier molecular flexibility index (Phi) is 5.49. The highest BCUT2D eigenvalue weighted by Crippen LogP contribution is 2.43. The monoisotopic (exact) mass is 481 g/mol. The van der Waals surface area contributed by atoms with E-state index in [0.29, 0.717) is 34.4 Å². The minimum atomic E-state index is -0.476. The molecule has 0 bridgehead atoms. The summed E-state index contributed by atoms with van der Waals surface area (Å²) in [6, 6.07) is 24.5. The van der Waals surface area contributed by atoms with Gasteiger partial charge >= 0.3 is 0 Å². The fourth-order valence-corrected chi connectivity index (χ4v) is 4.25. The van der Waals surface area contributed by atoms with Gasteiger partial charge in [-0.2, -0.15) is 4.52 Å². The van der Waals surface area contributed by atoms with Gasteiger partial charge in [-0.05, 0) is 42.5 Å². The molecule has 0 radical (unpaired) electrons. The molecule has 0 aliphatic carbocycles. The molecule has 0 saturated heterocycles. The lowest BCUT2D eigenvalue weighted by atomic mass is 9.87. The third-order valence-electron chi connectivity index (χ3n) is 5.93. The minimum Gasteiger partial charge on any atom is -0.475 e. The van der Waals surface area contributed by atoms with E-state index in [-0.39, 0.29) is 24.9 Å². The lowest BCUT2D eigenvalue weighted by Crippen LogP contribution is -2.34. The van der Waals surface area contributed by atoms with Gasteiger partial charge in [0, 0.05) is 22.8 Å². The summed E-state index contributed by atoms with van der Waals surface area (Å²) in [6.45, 7) is 0.498. The number of aromatic nitrogens is 4.